The van der Waals surface area contributed by atoms with Gasteiger partial charge in [0.2, 0.25) is 0 Å². The summed E-state index contributed by atoms with van der Waals surface area (Å²) >= 11 is 0. The number of carbonyl (C=O) groups excluding carboxylic acids is 1. The van der Waals surface area contributed by atoms with E-state index in [0.29, 0.717) is 17.2 Å². The van der Waals surface area contributed by atoms with E-state index in [9.17, 15) is 4.79 Å². The molecule has 3 nitrogen and oxygen atoms in total. The summed E-state index contributed by atoms with van der Waals surface area (Å²) in [6.07, 6.45) is 4.67. The Kier molecular flexibility index (Phi) is 6.45. The molecule has 0 saturated heterocycles. The second-order valence-electron chi connectivity index (χ2n) is 6.03. The molecular weight excluding hydrogens is 286 g/mol. The molecule has 23 heavy (non-hydrogen) atoms. The Morgan fingerprint density at radius 1 is 1.17 bits per heavy atom. The number of nitrogens with one attached hydrogen (secondary N) is 1. The number of hydrogen-bond donors (Lipinski definition) is 1. The number of hydrogen-bond acceptors (Lipinski definition) is 2. The lowest BCUT2D eigenvalue weighted by Gasteiger charge is -2.16. The molecule has 2 aromatic carbocycles. The fraction of sp³-hybridized carbons (Fsp3) is 0.450. The summed E-state index contributed by atoms with van der Waals surface area (Å²) in [7, 11) is 1.61. The van der Waals surface area contributed by atoms with Crippen LogP contribution in [0.25, 0.3) is 10.8 Å². The highest BCUT2D eigenvalue weighted by Crippen LogP contribution is 2.26. The van der Waals surface area contributed by atoms with Crippen LogP contribution < -0.4 is 10.1 Å². The minimum Gasteiger partial charge on any atom is -0.496 e. The van der Waals surface area contributed by atoms with E-state index in [1.54, 1.807) is 7.11 Å². The lowest BCUT2D eigenvalue weighted by atomic mass is 9.99. The Bertz CT molecular complexity index is 651. The zero-order valence-electron chi connectivity index (χ0n) is 14.4. The van der Waals surface area contributed by atoms with Gasteiger partial charge in [0.05, 0.1) is 12.7 Å². The van der Waals surface area contributed by atoms with Crippen LogP contribution >= 0.6 is 0 Å². The van der Waals surface area contributed by atoms with Crippen molar-refractivity contribution in [3.8, 4) is 5.75 Å². The van der Waals surface area contributed by atoms with Crippen LogP contribution in [0.5, 0.6) is 5.75 Å². The van der Waals surface area contributed by atoms with Gasteiger partial charge in [-0.1, -0.05) is 57.4 Å². The molecule has 1 amide bonds. The standard InChI is InChI=1S/C20H27NO2/c1-4-6-9-15(5-2)14-21-20(22)18-12-16-10-7-8-11-17(16)13-19(18)23-3/h7-8,10-13,15H,4-6,9,14H2,1-3H3,(H,21,22)/t15-/m0/s1. The van der Waals surface area contributed by atoms with Gasteiger partial charge in [0.15, 0.2) is 0 Å². The van der Waals surface area contributed by atoms with Crippen LogP contribution in [0.3, 0.4) is 0 Å². The first kappa shape index (κ1) is 17.3. The highest BCUT2D eigenvalue weighted by Gasteiger charge is 2.15. The smallest absolute Gasteiger partial charge is 0.255 e. The van der Waals surface area contributed by atoms with Gasteiger partial charge in [-0.3, -0.25) is 4.79 Å². The monoisotopic (exact) mass is 313 g/mol. The predicted molar refractivity (Wildman–Crippen MR) is 96.1 cm³/mol. The van der Waals surface area contributed by atoms with Crippen LogP contribution in [0.2, 0.25) is 0 Å². The molecule has 0 saturated carbocycles. The summed E-state index contributed by atoms with van der Waals surface area (Å²) in [5, 5.41) is 5.21. The predicted octanol–water partition coefficient (Wildman–Crippen LogP) is 4.79. The second kappa shape index (κ2) is 8.56. The molecular formula is C20H27NO2. The van der Waals surface area contributed by atoms with Gasteiger partial charge in [0, 0.05) is 6.54 Å². The lowest BCUT2D eigenvalue weighted by molar-refractivity contribution is 0.0943. The van der Waals surface area contributed by atoms with Crippen molar-refractivity contribution in [1.82, 2.24) is 5.32 Å². The van der Waals surface area contributed by atoms with Crippen LogP contribution in [0, 0.1) is 5.92 Å². The maximum absolute atomic E-state index is 12.6. The maximum Gasteiger partial charge on any atom is 0.255 e. The molecule has 0 fully saturated rings. The number of amides is 1. The minimum atomic E-state index is -0.0532. The molecule has 0 aliphatic heterocycles. The topological polar surface area (TPSA) is 38.3 Å². The van der Waals surface area contributed by atoms with E-state index in [-0.39, 0.29) is 5.91 Å². The van der Waals surface area contributed by atoms with E-state index in [4.69, 9.17) is 4.74 Å². The minimum absolute atomic E-state index is 0.0532. The molecule has 0 aliphatic carbocycles. The largest absolute Gasteiger partial charge is 0.496 e. The number of rotatable bonds is 8. The summed E-state index contributed by atoms with van der Waals surface area (Å²) in [5.41, 5.74) is 0.608. The molecule has 3 heteroatoms. The second-order valence-corrected chi connectivity index (χ2v) is 6.03. The highest BCUT2D eigenvalue weighted by atomic mass is 16.5. The van der Waals surface area contributed by atoms with Crippen LogP contribution in [0.15, 0.2) is 36.4 Å². The molecule has 0 aromatic heterocycles. The maximum atomic E-state index is 12.6. The van der Waals surface area contributed by atoms with Crippen LogP contribution in [0.1, 0.15) is 49.9 Å². The fourth-order valence-corrected chi connectivity index (χ4v) is 2.84. The van der Waals surface area contributed by atoms with Crippen LogP contribution in [0.4, 0.5) is 0 Å². The molecule has 0 bridgehead atoms. The number of benzene rings is 2. The first-order valence-electron chi connectivity index (χ1n) is 8.54. The molecule has 0 heterocycles. The summed E-state index contributed by atoms with van der Waals surface area (Å²) in [5.74, 6) is 1.12. The van der Waals surface area contributed by atoms with E-state index in [1.807, 2.05) is 36.4 Å². The number of ether oxygens (including phenoxy) is 1. The van der Waals surface area contributed by atoms with E-state index < -0.39 is 0 Å². The number of methoxy groups -OCH3 is 1. The molecule has 0 aliphatic rings. The fourth-order valence-electron chi connectivity index (χ4n) is 2.84. The van der Waals surface area contributed by atoms with E-state index >= 15 is 0 Å². The van der Waals surface area contributed by atoms with Crippen molar-refractivity contribution in [2.75, 3.05) is 13.7 Å². The Labute approximate surface area is 139 Å². The van der Waals surface area contributed by atoms with E-state index in [1.165, 1.54) is 19.3 Å². The molecule has 1 atom stereocenters. The van der Waals surface area contributed by atoms with Crippen LogP contribution in [-0.2, 0) is 0 Å². The third kappa shape index (κ3) is 4.47. The Morgan fingerprint density at radius 3 is 2.48 bits per heavy atom. The Morgan fingerprint density at radius 2 is 1.87 bits per heavy atom. The van der Waals surface area contributed by atoms with Crippen LogP contribution in [-0.4, -0.2) is 19.6 Å². The van der Waals surface area contributed by atoms with Crippen molar-refractivity contribution < 1.29 is 9.53 Å². The molecule has 124 valence electrons. The van der Waals surface area contributed by atoms with Gasteiger partial charge in [-0.05, 0) is 35.2 Å². The summed E-state index contributed by atoms with van der Waals surface area (Å²) < 4.78 is 5.41. The van der Waals surface area contributed by atoms with Gasteiger partial charge in [-0.2, -0.15) is 0 Å². The van der Waals surface area contributed by atoms with Crippen molar-refractivity contribution in [3.63, 3.8) is 0 Å². The number of fused-ring (bicyclic) bond motifs is 1. The van der Waals surface area contributed by atoms with Crippen molar-refractivity contribution in [3.05, 3.63) is 42.0 Å². The van der Waals surface area contributed by atoms with E-state index in [0.717, 1.165) is 23.7 Å². The van der Waals surface area contributed by atoms with E-state index in [2.05, 4.69) is 19.2 Å². The molecule has 0 radical (unpaired) electrons. The highest BCUT2D eigenvalue weighted by molar-refractivity contribution is 6.01. The zero-order valence-corrected chi connectivity index (χ0v) is 14.4. The van der Waals surface area contributed by atoms with Crippen molar-refractivity contribution in [2.45, 2.75) is 39.5 Å². The number of unbranched alkanes of at least 4 members (excludes halogenated alkanes) is 1. The third-order valence-corrected chi connectivity index (χ3v) is 4.41. The van der Waals surface area contributed by atoms with Gasteiger partial charge >= 0.3 is 0 Å². The van der Waals surface area contributed by atoms with Crippen molar-refractivity contribution in [1.29, 1.82) is 0 Å². The van der Waals surface area contributed by atoms with Gasteiger partial charge in [0.1, 0.15) is 5.75 Å². The Hall–Kier alpha value is -2.03. The van der Waals surface area contributed by atoms with Crippen molar-refractivity contribution >= 4 is 16.7 Å². The Balaban J connectivity index is 2.13. The van der Waals surface area contributed by atoms with Gasteiger partial charge < -0.3 is 10.1 Å². The molecule has 0 spiro atoms. The summed E-state index contributed by atoms with van der Waals surface area (Å²) in [6.45, 7) is 5.11. The summed E-state index contributed by atoms with van der Waals surface area (Å²) in [6, 6.07) is 11.9. The third-order valence-electron chi connectivity index (χ3n) is 4.41. The molecule has 1 N–H and O–H groups in total. The molecule has 0 unspecified atom stereocenters. The molecule has 2 rings (SSSR count). The SMILES string of the molecule is CCCC[C@H](CC)CNC(=O)c1cc2ccccc2cc1OC. The average molecular weight is 313 g/mol. The summed E-state index contributed by atoms with van der Waals surface area (Å²) in [4.78, 5) is 12.6. The normalized spacial score (nSPS) is 12.1. The lowest BCUT2D eigenvalue weighted by Crippen LogP contribution is -2.29. The molecule has 2 aromatic rings. The quantitative estimate of drug-likeness (QED) is 0.760. The average Bonchev–Trinajstić information content (AvgIpc) is 2.60. The first-order chi connectivity index (χ1) is 11.2. The zero-order chi connectivity index (χ0) is 16.7. The van der Waals surface area contributed by atoms with Gasteiger partial charge in [-0.15, -0.1) is 0 Å². The van der Waals surface area contributed by atoms with Gasteiger partial charge in [0.25, 0.3) is 5.91 Å². The van der Waals surface area contributed by atoms with Gasteiger partial charge in [-0.25, -0.2) is 0 Å². The van der Waals surface area contributed by atoms with Crippen molar-refractivity contribution in [2.24, 2.45) is 5.92 Å². The number of carbonyl (C=O) groups is 1. The first-order valence-corrected chi connectivity index (χ1v) is 8.54.